The molecule has 0 amide bonds. The van der Waals surface area contributed by atoms with Gasteiger partial charge in [-0.3, -0.25) is 18.6 Å². The van der Waals surface area contributed by atoms with Crippen LogP contribution in [0.2, 0.25) is 0 Å². The van der Waals surface area contributed by atoms with Crippen LogP contribution in [0.5, 0.6) is 0 Å². The highest BCUT2D eigenvalue weighted by Gasteiger charge is 2.24. The summed E-state index contributed by atoms with van der Waals surface area (Å²) in [6.07, 6.45) is 32.3. The number of allylic oxidation sites excluding steroid dienone is 4. The SMILES string of the molecule is CCC/C=C\CCCCCCCC(=O)O[C@H](COC(=O)CCCCCCC/C=C\CCCCCCCC)COP(=O)(O)OC. The number of phosphoric ester groups is 1. The third kappa shape index (κ3) is 30.6. The number of hydrogen-bond acceptors (Lipinski definition) is 7. The Morgan fingerprint density at radius 1 is 0.614 bits per heavy atom. The maximum absolute atomic E-state index is 12.4. The molecule has 0 aromatic heterocycles. The molecule has 0 saturated heterocycles. The molecule has 0 aliphatic rings. The Hall–Kier alpha value is -1.47. The smallest absolute Gasteiger partial charge is 0.462 e. The van der Waals surface area contributed by atoms with Crippen molar-refractivity contribution < 1.29 is 37.6 Å². The van der Waals surface area contributed by atoms with E-state index in [0.29, 0.717) is 6.42 Å². The molecule has 1 unspecified atom stereocenters. The van der Waals surface area contributed by atoms with Crippen LogP contribution in [0.3, 0.4) is 0 Å². The second kappa shape index (κ2) is 31.5. The average molecular weight is 645 g/mol. The summed E-state index contributed by atoms with van der Waals surface area (Å²) in [4.78, 5) is 34.2. The highest BCUT2D eigenvalue weighted by Crippen LogP contribution is 2.42. The van der Waals surface area contributed by atoms with Gasteiger partial charge in [-0.25, -0.2) is 4.57 Å². The quantitative estimate of drug-likeness (QED) is 0.0333. The Bertz CT molecular complexity index is 783. The van der Waals surface area contributed by atoms with Crippen molar-refractivity contribution in [3.8, 4) is 0 Å². The molecule has 1 N–H and O–H groups in total. The first-order valence-corrected chi connectivity index (χ1v) is 19.0. The van der Waals surface area contributed by atoms with E-state index in [4.69, 9.17) is 14.0 Å². The lowest BCUT2D eigenvalue weighted by atomic mass is 10.1. The molecule has 9 heteroatoms. The van der Waals surface area contributed by atoms with Gasteiger partial charge in [-0.15, -0.1) is 0 Å². The molecular formula is C35H65O8P. The minimum absolute atomic E-state index is 0.231. The third-order valence-corrected chi connectivity index (χ3v) is 8.34. The number of carbonyl (C=O) groups excluding carboxylic acids is 2. The highest BCUT2D eigenvalue weighted by molar-refractivity contribution is 7.47. The van der Waals surface area contributed by atoms with Crippen LogP contribution in [-0.2, 0) is 32.7 Å². The molecule has 0 aliphatic carbocycles. The molecule has 0 aromatic carbocycles. The van der Waals surface area contributed by atoms with E-state index in [9.17, 15) is 19.0 Å². The first-order valence-electron chi connectivity index (χ1n) is 17.5. The van der Waals surface area contributed by atoms with Crippen molar-refractivity contribution in [3.05, 3.63) is 24.3 Å². The predicted molar refractivity (Wildman–Crippen MR) is 179 cm³/mol. The van der Waals surface area contributed by atoms with Crippen molar-refractivity contribution in [2.45, 2.75) is 168 Å². The summed E-state index contributed by atoms with van der Waals surface area (Å²) < 4.78 is 31.7. The molecule has 2 atom stereocenters. The molecule has 0 heterocycles. The zero-order valence-electron chi connectivity index (χ0n) is 28.3. The van der Waals surface area contributed by atoms with Crippen molar-refractivity contribution >= 4 is 19.8 Å². The predicted octanol–water partition coefficient (Wildman–Crippen LogP) is 10.3. The molecule has 8 nitrogen and oxygen atoms in total. The summed E-state index contributed by atoms with van der Waals surface area (Å²) >= 11 is 0. The summed E-state index contributed by atoms with van der Waals surface area (Å²) in [5.41, 5.74) is 0. The summed E-state index contributed by atoms with van der Waals surface area (Å²) in [6, 6.07) is 0. The number of ether oxygens (including phenoxy) is 2. The molecule has 0 radical (unpaired) electrons. The van der Waals surface area contributed by atoms with Gasteiger partial charge < -0.3 is 14.4 Å². The van der Waals surface area contributed by atoms with Crippen molar-refractivity contribution in [1.29, 1.82) is 0 Å². The highest BCUT2D eigenvalue weighted by atomic mass is 31.2. The molecule has 0 spiro atoms. The van der Waals surface area contributed by atoms with Gasteiger partial charge in [-0.1, -0.05) is 115 Å². The maximum Gasteiger partial charge on any atom is 0.472 e. The maximum atomic E-state index is 12.4. The Morgan fingerprint density at radius 3 is 1.57 bits per heavy atom. The van der Waals surface area contributed by atoms with E-state index in [1.54, 1.807) is 0 Å². The van der Waals surface area contributed by atoms with Crippen molar-refractivity contribution in [1.82, 2.24) is 0 Å². The second-order valence-electron chi connectivity index (χ2n) is 11.6. The van der Waals surface area contributed by atoms with Gasteiger partial charge in [0.05, 0.1) is 6.61 Å². The zero-order chi connectivity index (χ0) is 32.6. The van der Waals surface area contributed by atoms with E-state index in [-0.39, 0.29) is 25.4 Å². The molecule has 0 fully saturated rings. The summed E-state index contributed by atoms with van der Waals surface area (Å²) in [7, 11) is -3.20. The van der Waals surface area contributed by atoms with Crippen molar-refractivity contribution in [2.75, 3.05) is 20.3 Å². The third-order valence-electron chi connectivity index (χ3n) is 7.40. The number of rotatable bonds is 32. The molecule has 0 saturated carbocycles. The number of unbranched alkanes of at least 4 members (excludes halogenated alkanes) is 17. The van der Waals surface area contributed by atoms with Crippen molar-refractivity contribution in [3.63, 3.8) is 0 Å². The first kappa shape index (κ1) is 42.5. The monoisotopic (exact) mass is 644 g/mol. The molecule has 0 aromatic rings. The summed E-state index contributed by atoms with van der Waals surface area (Å²) in [5.74, 6) is -0.827. The lowest BCUT2D eigenvalue weighted by Gasteiger charge is -2.19. The number of esters is 2. The lowest BCUT2D eigenvalue weighted by Crippen LogP contribution is -2.29. The van der Waals surface area contributed by atoms with E-state index in [1.807, 2.05) is 0 Å². The second-order valence-corrected chi connectivity index (χ2v) is 13.2. The molecular weight excluding hydrogens is 579 g/mol. The van der Waals surface area contributed by atoms with Gasteiger partial charge in [0.15, 0.2) is 6.10 Å². The van der Waals surface area contributed by atoms with Crippen LogP contribution >= 0.6 is 7.82 Å². The normalized spacial score (nSPS) is 13.8. The van der Waals surface area contributed by atoms with Crippen LogP contribution in [0, 0.1) is 0 Å². The minimum Gasteiger partial charge on any atom is -0.462 e. The summed E-state index contributed by atoms with van der Waals surface area (Å²) in [5, 5.41) is 0. The molecule has 0 bridgehead atoms. The van der Waals surface area contributed by atoms with Gasteiger partial charge in [0, 0.05) is 20.0 Å². The van der Waals surface area contributed by atoms with Gasteiger partial charge in [0.1, 0.15) is 6.61 Å². The van der Waals surface area contributed by atoms with E-state index < -0.39 is 26.5 Å². The van der Waals surface area contributed by atoms with Gasteiger partial charge in [0.25, 0.3) is 0 Å². The fraction of sp³-hybridized carbons (Fsp3) is 0.829. The van der Waals surface area contributed by atoms with Crippen molar-refractivity contribution in [2.24, 2.45) is 0 Å². The summed E-state index contributed by atoms with van der Waals surface area (Å²) in [6.45, 7) is 3.78. The molecule has 258 valence electrons. The van der Waals surface area contributed by atoms with Gasteiger partial charge >= 0.3 is 19.8 Å². The van der Waals surface area contributed by atoms with Crippen LogP contribution in [0.25, 0.3) is 0 Å². The van der Waals surface area contributed by atoms with E-state index in [2.05, 4.69) is 42.7 Å². The topological polar surface area (TPSA) is 108 Å². The first-order chi connectivity index (χ1) is 21.3. The van der Waals surface area contributed by atoms with Crippen LogP contribution in [0.4, 0.5) is 0 Å². The largest absolute Gasteiger partial charge is 0.472 e. The van der Waals surface area contributed by atoms with Gasteiger partial charge in [-0.2, -0.15) is 0 Å². The lowest BCUT2D eigenvalue weighted by molar-refractivity contribution is -0.161. The fourth-order valence-electron chi connectivity index (χ4n) is 4.65. The number of phosphoric acid groups is 1. The van der Waals surface area contributed by atoms with E-state index in [0.717, 1.165) is 84.2 Å². The standard InChI is InChI=1S/C35H65O8P/c1-4-6-8-10-12-14-16-17-18-19-20-22-23-25-27-29-34(36)41-31-33(32-42-44(38,39)40-3)43-35(37)30-28-26-24-21-15-13-11-9-7-5-2/h9,11,17-18,33H,4-8,10,12-16,19-32H2,1-3H3,(H,38,39)/b11-9-,18-17-/t33-/m1/s1. The fourth-order valence-corrected chi connectivity index (χ4v) is 5.11. The van der Waals surface area contributed by atoms with Crippen LogP contribution in [-0.4, -0.2) is 43.3 Å². The Kier molecular flexibility index (Phi) is 30.5. The Labute approximate surface area is 269 Å². The van der Waals surface area contributed by atoms with Crippen LogP contribution in [0.15, 0.2) is 24.3 Å². The van der Waals surface area contributed by atoms with Gasteiger partial charge in [-0.05, 0) is 57.8 Å². The molecule has 44 heavy (non-hydrogen) atoms. The Balaban J connectivity index is 4.09. The van der Waals surface area contributed by atoms with Crippen LogP contribution < -0.4 is 0 Å². The average Bonchev–Trinajstić information content (AvgIpc) is 3.01. The minimum atomic E-state index is -4.25. The zero-order valence-corrected chi connectivity index (χ0v) is 29.2. The van der Waals surface area contributed by atoms with E-state index >= 15 is 0 Å². The van der Waals surface area contributed by atoms with E-state index in [1.165, 1.54) is 51.4 Å². The Morgan fingerprint density at radius 2 is 1.07 bits per heavy atom. The molecule has 0 rings (SSSR count). The number of carbonyl (C=O) groups is 2. The van der Waals surface area contributed by atoms with Gasteiger partial charge in [0.2, 0.25) is 0 Å². The molecule has 0 aliphatic heterocycles. The number of hydrogen-bond donors (Lipinski definition) is 1. The van der Waals surface area contributed by atoms with Crippen LogP contribution in [0.1, 0.15) is 162 Å².